The van der Waals surface area contributed by atoms with Gasteiger partial charge in [-0.1, -0.05) is 39.0 Å². The number of fused-ring (bicyclic) bond motifs is 1. The van der Waals surface area contributed by atoms with E-state index in [-0.39, 0.29) is 0 Å². The molecule has 2 rings (SSSR count). The molecule has 0 fully saturated rings. The summed E-state index contributed by atoms with van der Waals surface area (Å²) in [5.41, 5.74) is 9.61. The van der Waals surface area contributed by atoms with Crippen molar-refractivity contribution in [1.82, 2.24) is 0 Å². The van der Waals surface area contributed by atoms with Gasteiger partial charge in [0.25, 0.3) is 0 Å². The average Bonchev–Trinajstić information content (AvgIpc) is 2.26. The van der Waals surface area contributed by atoms with Crippen molar-refractivity contribution in [2.24, 2.45) is 0 Å². The zero-order valence-electron chi connectivity index (χ0n) is 10.2. The van der Waals surface area contributed by atoms with Gasteiger partial charge >= 0.3 is 0 Å². The lowest BCUT2D eigenvalue weighted by atomic mass is 9.91. The Morgan fingerprint density at radius 1 is 1.19 bits per heavy atom. The van der Waals surface area contributed by atoms with Gasteiger partial charge in [-0.3, -0.25) is 0 Å². The Kier molecular flexibility index (Phi) is 2.86. The van der Waals surface area contributed by atoms with E-state index in [9.17, 15) is 0 Å². The monoisotopic (exact) mass is 213 g/mol. The third kappa shape index (κ3) is 1.78. The van der Waals surface area contributed by atoms with E-state index in [2.05, 4.69) is 51.1 Å². The van der Waals surface area contributed by atoms with Crippen LogP contribution in [0.15, 0.2) is 30.3 Å². The van der Waals surface area contributed by atoms with Crippen molar-refractivity contribution in [2.45, 2.75) is 33.1 Å². The minimum absolute atomic E-state index is 0.513. The van der Waals surface area contributed by atoms with Crippen LogP contribution in [-0.4, -0.2) is 0 Å². The normalized spacial score (nSPS) is 11.2. The Balaban J connectivity index is 2.85. The number of aryl methyl sites for hydroxylation is 1. The second-order valence-corrected chi connectivity index (χ2v) is 4.63. The molecule has 1 nitrogen and oxygen atoms in total. The van der Waals surface area contributed by atoms with Gasteiger partial charge in [0.1, 0.15) is 0 Å². The molecule has 0 aromatic heterocycles. The Morgan fingerprint density at radius 2 is 1.94 bits per heavy atom. The van der Waals surface area contributed by atoms with Crippen molar-refractivity contribution >= 4 is 16.5 Å². The van der Waals surface area contributed by atoms with Crippen LogP contribution in [0.1, 0.15) is 37.8 Å². The number of hydrogen-bond acceptors (Lipinski definition) is 1. The average molecular weight is 213 g/mol. The number of anilines is 1. The molecule has 0 saturated carbocycles. The summed E-state index contributed by atoms with van der Waals surface area (Å²) in [6.45, 7) is 6.65. The number of nitrogens with two attached hydrogens (primary N) is 1. The molecule has 2 aromatic rings. The molecule has 0 aliphatic rings. The third-order valence-electron chi connectivity index (χ3n) is 3.12. The molecule has 1 heteroatoms. The van der Waals surface area contributed by atoms with Crippen LogP contribution < -0.4 is 5.73 Å². The standard InChI is InChI=1S/C15H19N/c1-4-11-6-5-7-12-8-13(16)9-14(10(2)3)15(11)12/h5-10H,4,16H2,1-3H3. The molecule has 0 spiro atoms. The van der Waals surface area contributed by atoms with E-state index >= 15 is 0 Å². The SMILES string of the molecule is CCc1cccc2cc(N)cc(C(C)C)c12. The minimum atomic E-state index is 0.513. The van der Waals surface area contributed by atoms with Gasteiger partial charge in [-0.05, 0) is 46.4 Å². The number of benzene rings is 2. The van der Waals surface area contributed by atoms with E-state index in [0.717, 1.165) is 12.1 Å². The van der Waals surface area contributed by atoms with Gasteiger partial charge in [0, 0.05) is 5.69 Å². The lowest BCUT2D eigenvalue weighted by Crippen LogP contribution is -1.96. The molecular weight excluding hydrogens is 194 g/mol. The summed E-state index contributed by atoms with van der Waals surface area (Å²) in [5.74, 6) is 0.513. The highest BCUT2D eigenvalue weighted by Crippen LogP contribution is 2.31. The Labute approximate surface area is 97.3 Å². The van der Waals surface area contributed by atoms with Crippen LogP contribution in [0.3, 0.4) is 0 Å². The van der Waals surface area contributed by atoms with Gasteiger partial charge in [0.2, 0.25) is 0 Å². The minimum Gasteiger partial charge on any atom is -0.399 e. The van der Waals surface area contributed by atoms with Gasteiger partial charge in [-0.15, -0.1) is 0 Å². The molecule has 2 N–H and O–H groups in total. The van der Waals surface area contributed by atoms with Crippen LogP contribution in [0, 0.1) is 0 Å². The van der Waals surface area contributed by atoms with E-state index in [1.807, 2.05) is 0 Å². The van der Waals surface area contributed by atoms with Crippen molar-refractivity contribution in [1.29, 1.82) is 0 Å². The van der Waals surface area contributed by atoms with Gasteiger partial charge in [-0.25, -0.2) is 0 Å². The van der Waals surface area contributed by atoms with Gasteiger partial charge < -0.3 is 5.73 Å². The van der Waals surface area contributed by atoms with Crippen molar-refractivity contribution in [3.63, 3.8) is 0 Å². The first kappa shape index (κ1) is 11.0. The second-order valence-electron chi connectivity index (χ2n) is 4.63. The smallest absolute Gasteiger partial charge is 0.0323 e. The third-order valence-corrected chi connectivity index (χ3v) is 3.12. The molecular formula is C15H19N. The molecule has 0 radical (unpaired) electrons. The number of hydrogen-bond donors (Lipinski definition) is 1. The fourth-order valence-electron chi connectivity index (χ4n) is 2.32. The molecule has 0 bridgehead atoms. The van der Waals surface area contributed by atoms with Crippen LogP contribution in [0.2, 0.25) is 0 Å². The van der Waals surface area contributed by atoms with Crippen LogP contribution in [-0.2, 0) is 6.42 Å². The fourth-order valence-corrected chi connectivity index (χ4v) is 2.32. The van der Waals surface area contributed by atoms with E-state index in [1.54, 1.807) is 0 Å². The Morgan fingerprint density at radius 3 is 2.56 bits per heavy atom. The van der Waals surface area contributed by atoms with Crippen LogP contribution in [0.5, 0.6) is 0 Å². The molecule has 0 amide bonds. The molecule has 16 heavy (non-hydrogen) atoms. The molecule has 2 aromatic carbocycles. The Hall–Kier alpha value is -1.50. The van der Waals surface area contributed by atoms with E-state index < -0.39 is 0 Å². The first-order valence-electron chi connectivity index (χ1n) is 5.94. The van der Waals surface area contributed by atoms with Gasteiger partial charge in [-0.2, -0.15) is 0 Å². The van der Waals surface area contributed by atoms with E-state index in [0.29, 0.717) is 5.92 Å². The molecule has 0 saturated heterocycles. The predicted molar refractivity (Wildman–Crippen MR) is 71.8 cm³/mol. The largest absolute Gasteiger partial charge is 0.399 e. The number of rotatable bonds is 2. The zero-order chi connectivity index (χ0) is 11.7. The lowest BCUT2D eigenvalue weighted by Gasteiger charge is -2.14. The highest BCUT2D eigenvalue weighted by atomic mass is 14.5. The highest BCUT2D eigenvalue weighted by Gasteiger charge is 2.09. The van der Waals surface area contributed by atoms with Crippen LogP contribution in [0.4, 0.5) is 5.69 Å². The van der Waals surface area contributed by atoms with Gasteiger partial charge in [0.05, 0.1) is 0 Å². The maximum Gasteiger partial charge on any atom is 0.0323 e. The maximum atomic E-state index is 5.95. The topological polar surface area (TPSA) is 26.0 Å². The van der Waals surface area contributed by atoms with Crippen molar-refractivity contribution in [3.05, 3.63) is 41.5 Å². The first-order valence-corrected chi connectivity index (χ1v) is 5.94. The van der Waals surface area contributed by atoms with Crippen molar-refractivity contribution in [2.75, 3.05) is 5.73 Å². The molecule has 0 aliphatic carbocycles. The summed E-state index contributed by atoms with van der Waals surface area (Å²) >= 11 is 0. The summed E-state index contributed by atoms with van der Waals surface area (Å²) < 4.78 is 0. The first-order chi connectivity index (χ1) is 7.63. The molecule has 0 atom stereocenters. The zero-order valence-corrected chi connectivity index (χ0v) is 10.2. The summed E-state index contributed by atoms with van der Waals surface area (Å²) in [5, 5.41) is 2.66. The lowest BCUT2D eigenvalue weighted by molar-refractivity contribution is 0.875. The summed E-state index contributed by atoms with van der Waals surface area (Å²) in [7, 11) is 0. The Bertz CT molecular complexity index is 512. The summed E-state index contributed by atoms with van der Waals surface area (Å²) in [4.78, 5) is 0. The maximum absolute atomic E-state index is 5.95. The predicted octanol–water partition coefficient (Wildman–Crippen LogP) is 4.11. The van der Waals surface area contributed by atoms with Crippen molar-refractivity contribution < 1.29 is 0 Å². The molecule has 0 unspecified atom stereocenters. The molecule has 0 heterocycles. The quantitative estimate of drug-likeness (QED) is 0.746. The fraction of sp³-hybridized carbons (Fsp3) is 0.333. The van der Waals surface area contributed by atoms with E-state index in [1.165, 1.54) is 21.9 Å². The number of nitrogen functional groups attached to an aromatic ring is 1. The molecule has 0 aliphatic heterocycles. The summed E-state index contributed by atoms with van der Waals surface area (Å²) in [6, 6.07) is 10.7. The second kappa shape index (κ2) is 4.17. The van der Waals surface area contributed by atoms with Crippen molar-refractivity contribution in [3.8, 4) is 0 Å². The van der Waals surface area contributed by atoms with Crippen LogP contribution in [0.25, 0.3) is 10.8 Å². The summed E-state index contributed by atoms with van der Waals surface area (Å²) in [6.07, 6.45) is 1.07. The van der Waals surface area contributed by atoms with E-state index in [4.69, 9.17) is 5.73 Å². The van der Waals surface area contributed by atoms with Gasteiger partial charge in [0.15, 0.2) is 0 Å². The molecule has 84 valence electrons. The highest BCUT2D eigenvalue weighted by molar-refractivity contribution is 5.91. The van der Waals surface area contributed by atoms with Crippen LogP contribution >= 0.6 is 0 Å².